The van der Waals surface area contributed by atoms with Gasteiger partial charge in [-0.1, -0.05) is 60.2 Å². The van der Waals surface area contributed by atoms with Gasteiger partial charge in [-0.2, -0.15) is 0 Å². The minimum atomic E-state index is -3.99. The molecule has 8 heteroatoms. The van der Waals surface area contributed by atoms with Gasteiger partial charge in [0.2, 0.25) is 5.91 Å². The quantitative estimate of drug-likeness (QED) is 0.607. The van der Waals surface area contributed by atoms with Crippen LogP contribution in [0.15, 0.2) is 47.4 Å². The number of halogens is 2. The Bertz CT molecular complexity index is 968. The van der Waals surface area contributed by atoms with Gasteiger partial charge in [-0.25, -0.2) is 8.42 Å². The lowest BCUT2D eigenvalue weighted by Gasteiger charge is -2.26. The van der Waals surface area contributed by atoms with Crippen molar-refractivity contribution < 1.29 is 13.2 Å². The number of carbonyl (C=O) groups is 1. The Hall–Kier alpha value is -1.76. The number of aryl methyl sites for hydroxylation is 1. The van der Waals surface area contributed by atoms with Crippen molar-refractivity contribution in [3.05, 3.63) is 58.1 Å². The summed E-state index contributed by atoms with van der Waals surface area (Å²) in [4.78, 5) is 12.8. The molecule has 30 heavy (non-hydrogen) atoms. The van der Waals surface area contributed by atoms with Crippen molar-refractivity contribution in [3.63, 3.8) is 0 Å². The van der Waals surface area contributed by atoms with Crippen molar-refractivity contribution in [1.29, 1.82) is 0 Å². The Balaban J connectivity index is 1.85. The van der Waals surface area contributed by atoms with Crippen LogP contribution in [0, 0.1) is 12.8 Å². The van der Waals surface area contributed by atoms with E-state index in [1.807, 2.05) is 6.92 Å². The molecule has 0 atom stereocenters. The summed E-state index contributed by atoms with van der Waals surface area (Å²) in [5, 5.41) is 3.49. The van der Waals surface area contributed by atoms with E-state index in [4.69, 9.17) is 23.2 Å². The van der Waals surface area contributed by atoms with Crippen molar-refractivity contribution in [2.24, 2.45) is 5.92 Å². The summed E-state index contributed by atoms with van der Waals surface area (Å²) in [7, 11) is -3.99. The molecule has 1 amide bonds. The number of benzene rings is 2. The zero-order valence-corrected chi connectivity index (χ0v) is 19.2. The third-order valence-corrected chi connectivity index (χ3v) is 7.57. The topological polar surface area (TPSA) is 66.5 Å². The molecular weight excluding hydrogens is 443 g/mol. The Labute approximate surface area is 188 Å². The molecule has 0 radical (unpaired) electrons. The number of sulfonamides is 1. The van der Waals surface area contributed by atoms with Gasteiger partial charge in [-0.3, -0.25) is 9.10 Å². The molecule has 2 aromatic carbocycles. The number of rotatable bonds is 7. The van der Waals surface area contributed by atoms with Gasteiger partial charge in [-0.15, -0.1) is 0 Å². The van der Waals surface area contributed by atoms with Crippen LogP contribution in [0.5, 0.6) is 0 Å². The molecule has 0 spiro atoms. The van der Waals surface area contributed by atoms with Gasteiger partial charge in [0.25, 0.3) is 10.0 Å². The Morgan fingerprint density at radius 1 is 1.03 bits per heavy atom. The molecule has 0 heterocycles. The van der Waals surface area contributed by atoms with Gasteiger partial charge in [0.05, 0.1) is 10.6 Å². The molecule has 1 aliphatic rings. The third-order valence-electron chi connectivity index (χ3n) is 5.34. The summed E-state index contributed by atoms with van der Waals surface area (Å²) in [6, 6.07) is 11.0. The van der Waals surface area contributed by atoms with Crippen LogP contribution in [-0.2, 0) is 14.8 Å². The Morgan fingerprint density at radius 3 is 2.23 bits per heavy atom. The molecule has 3 rings (SSSR count). The van der Waals surface area contributed by atoms with Gasteiger partial charge in [0.15, 0.2) is 0 Å². The maximum absolute atomic E-state index is 13.4. The first-order chi connectivity index (χ1) is 14.3. The van der Waals surface area contributed by atoms with E-state index in [0.717, 1.165) is 22.7 Å². The van der Waals surface area contributed by atoms with Crippen LogP contribution in [0.25, 0.3) is 0 Å². The molecule has 0 unspecified atom stereocenters. The normalized spacial score (nSPS) is 15.0. The van der Waals surface area contributed by atoms with Crippen molar-refractivity contribution in [1.82, 2.24) is 5.32 Å². The number of hydrogen-bond acceptors (Lipinski definition) is 3. The Kier molecular flexibility index (Phi) is 7.66. The number of anilines is 1. The number of amides is 1. The highest BCUT2D eigenvalue weighted by Crippen LogP contribution is 2.30. The summed E-state index contributed by atoms with van der Waals surface area (Å²) in [5.74, 6) is 0.0952. The van der Waals surface area contributed by atoms with E-state index >= 15 is 0 Å². The number of carbonyl (C=O) groups excluding carboxylic acids is 1. The smallest absolute Gasteiger partial charge is 0.264 e. The lowest BCUT2D eigenvalue weighted by Crippen LogP contribution is -2.42. The van der Waals surface area contributed by atoms with Crippen molar-refractivity contribution >= 4 is 44.8 Å². The lowest BCUT2D eigenvalue weighted by atomic mass is 9.89. The van der Waals surface area contributed by atoms with Crippen molar-refractivity contribution in [2.75, 3.05) is 17.4 Å². The highest BCUT2D eigenvalue weighted by molar-refractivity contribution is 7.92. The van der Waals surface area contributed by atoms with Crippen LogP contribution in [0.1, 0.15) is 37.7 Å². The van der Waals surface area contributed by atoms with E-state index in [1.54, 1.807) is 12.1 Å². The first kappa shape index (κ1) is 22.9. The highest BCUT2D eigenvalue weighted by Gasteiger charge is 2.28. The molecule has 1 aliphatic carbocycles. The number of nitrogens with one attached hydrogen (secondary N) is 1. The zero-order valence-electron chi connectivity index (χ0n) is 16.9. The number of hydrogen-bond donors (Lipinski definition) is 1. The molecule has 162 valence electrons. The van der Waals surface area contributed by atoms with Gasteiger partial charge >= 0.3 is 0 Å². The average Bonchev–Trinajstić information content (AvgIpc) is 2.70. The van der Waals surface area contributed by atoms with Crippen LogP contribution in [0.2, 0.25) is 10.0 Å². The number of nitrogens with zero attached hydrogens (tertiary/aromatic N) is 1. The summed E-state index contributed by atoms with van der Waals surface area (Å²) in [5.41, 5.74) is 1.19. The lowest BCUT2D eigenvalue weighted by molar-refractivity contribution is -0.119. The largest absolute Gasteiger partial charge is 0.354 e. The molecule has 2 aromatic rings. The minimum Gasteiger partial charge on any atom is -0.354 e. The maximum atomic E-state index is 13.4. The summed E-state index contributed by atoms with van der Waals surface area (Å²) in [6.45, 7) is 2.09. The van der Waals surface area contributed by atoms with E-state index in [2.05, 4.69) is 5.32 Å². The van der Waals surface area contributed by atoms with Gasteiger partial charge in [0.1, 0.15) is 6.54 Å². The molecule has 0 aliphatic heterocycles. The minimum absolute atomic E-state index is 0.101. The van der Waals surface area contributed by atoms with Crippen LogP contribution >= 0.6 is 23.2 Å². The van der Waals surface area contributed by atoms with E-state index in [9.17, 15) is 13.2 Å². The zero-order chi connectivity index (χ0) is 21.7. The highest BCUT2D eigenvalue weighted by atomic mass is 35.5. The van der Waals surface area contributed by atoms with Gasteiger partial charge in [-0.05, 0) is 56.0 Å². The predicted octanol–water partition coefficient (Wildman–Crippen LogP) is 5.19. The van der Waals surface area contributed by atoms with Crippen molar-refractivity contribution in [3.8, 4) is 0 Å². The molecule has 1 saturated carbocycles. The van der Waals surface area contributed by atoms with Crippen LogP contribution in [0.4, 0.5) is 5.69 Å². The monoisotopic (exact) mass is 468 g/mol. The second-order valence-electron chi connectivity index (χ2n) is 7.76. The molecule has 1 fully saturated rings. The van der Waals surface area contributed by atoms with E-state index in [1.165, 1.54) is 49.6 Å². The fraction of sp³-hybridized carbons (Fsp3) is 0.409. The van der Waals surface area contributed by atoms with E-state index < -0.39 is 10.0 Å². The standard InChI is InChI=1S/C22H26Cl2N2O3S/c1-16-7-9-21(10-8-16)30(28,29)26(20-12-18(23)11-19(24)13-20)15-22(27)25-14-17-5-3-2-4-6-17/h7-13,17H,2-6,14-15H2,1H3,(H,25,27). The fourth-order valence-corrected chi connectivity index (χ4v) is 5.59. The summed E-state index contributed by atoms with van der Waals surface area (Å²) in [6.07, 6.45) is 5.78. The van der Waals surface area contributed by atoms with Crippen LogP contribution < -0.4 is 9.62 Å². The second-order valence-corrected chi connectivity index (χ2v) is 10.5. The molecule has 0 saturated heterocycles. The fourth-order valence-electron chi connectivity index (χ4n) is 3.67. The molecule has 1 N–H and O–H groups in total. The van der Waals surface area contributed by atoms with Crippen LogP contribution in [-0.4, -0.2) is 27.4 Å². The predicted molar refractivity (Wildman–Crippen MR) is 122 cm³/mol. The molecular formula is C22H26Cl2N2O3S. The maximum Gasteiger partial charge on any atom is 0.264 e. The molecule has 0 bridgehead atoms. The first-order valence-electron chi connectivity index (χ1n) is 10.1. The first-order valence-corrected chi connectivity index (χ1v) is 12.3. The Morgan fingerprint density at radius 2 is 1.63 bits per heavy atom. The van der Waals surface area contributed by atoms with Crippen molar-refractivity contribution in [2.45, 2.75) is 43.9 Å². The van der Waals surface area contributed by atoms with Gasteiger partial charge in [0, 0.05) is 16.6 Å². The SMILES string of the molecule is Cc1ccc(S(=O)(=O)N(CC(=O)NCC2CCCCC2)c2cc(Cl)cc(Cl)c2)cc1. The summed E-state index contributed by atoms with van der Waals surface area (Å²) < 4.78 is 27.8. The summed E-state index contributed by atoms with van der Waals surface area (Å²) >= 11 is 12.2. The van der Waals surface area contributed by atoms with E-state index in [-0.39, 0.29) is 23.0 Å². The average molecular weight is 469 g/mol. The molecule has 0 aromatic heterocycles. The van der Waals surface area contributed by atoms with Gasteiger partial charge < -0.3 is 5.32 Å². The molecule has 5 nitrogen and oxygen atoms in total. The third kappa shape index (κ3) is 5.90. The van der Waals surface area contributed by atoms with E-state index in [0.29, 0.717) is 22.5 Å². The second kappa shape index (κ2) is 10.0. The van der Waals surface area contributed by atoms with Crippen LogP contribution in [0.3, 0.4) is 0 Å².